The van der Waals surface area contributed by atoms with Crippen LogP contribution in [0.1, 0.15) is 5.69 Å². The minimum Gasteiger partial charge on any atom is -0.454 e. The van der Waals surface area contributed by atoms with E-state index in [2.05, 4.69) is 21.9 Å². The van der Waals surface area contributed by atoms with E-state index in [1.807, 2.05) is 16.7 Å². The zero-order chi connectivity index (χ0) is 18.3. The van der Waals surface area contributed by atoms with Gasteiger partial charge in [-0.25, -0.2) is 14.2 Å². The lowest BCUT2D eigenvalue weighted by molar-refractivity contribution is 0.0978. The summed E-state index contributed by atoms with van der Waals surface area (Å²) in [5.41, 5.74) is 7.36. The molecule has 0 bridgehead atoms. The lowest BCUT2D eigenvalue weighted by atomic mass is 10.1. The summed E-state index contributed by atoms with van der Waals surface area (Å²) in [6, 6.07) is 0. The van der Waals surface area contributed by atoms with Gasteiger partial charge in [-0.2, -0.15) is 0 Å². The molecule has 0 amide bonds. The van der Waals surface area contributed by atoms with E-state index in [4.69, 9.17) is 19.8 Å². The summed E-state index contributed by atoms with van der Waals surface area (Å²) in [4.78, 5) is 8.73. The molecule has 1 aromatic heterocycles. The van der Waals surface area contributed by atoms with Crippen molar-refractivity contribution in [3.63, 3.8) is 0 Å². The van der Waals surface area contributed by atoms with E-state index in [1.54, 1.807) is 0 Å². The first-order chi connectivity index (χ1) is 12.5. The van der Waals surface area contributed by atoms with Crippen molar-refractivity contribution in [3.8, 4) is 0 Å². The van der Waals surface area contributed by atoms with Crippen molar-refractivity contribution in [3.05, 3.63) is 41.5 Å². The topological polar surface area (TPSA) is 124 Å². The lowest BCUT2D eigenvalue weighted by Crippen LogP contribution is -2.24. The van der Waals surface area contributed by atoms with Crippen molar-refractivity contribution in [1.29, 1.82) is 0 Å². The summed E-state index contributed by atoms with van der Waals surface area (Å²) in [6.45, 7) is 4.95. The van der Waals surface area contributed by atoms with Crippen LogP contribution in [0.4, 0.5) is 5.82 Å². The van der Waals surface area contributed by atoms with Crippen LogP contribution in [-0.2, 0) is 27.1 Å². The highest BCUT2D eigenvalue weighted by Gasteiger charge is 2.29. The fourth-order valence-electron chi connectivity index (χ4n) is 2.79. The van der Waals surface area contributed by atoms with Crippen LogP contribution >= 0.6 is 11.8 Å². The number of nitrogens with two attached hydrogens (primary N) is 1. The lowest BCUT2D eigenvalue weighted by Gasteiger charge is -2.19. The van der Waals surface area contributed by atoms with E-state index in [0.717, 1.165) is 5.57 Å². The van der Waals surface area contributed by atoms with E-state index in [0.29, 0.717) is 47.2 Å². The number of rotatable bonds is 5. The molecule has 9 nitrogen and oxygen atoms in total. The maximum Gasteiger partial charge on any atom is 0.231 e. The molecule has 3 aliphatic rings. The quantitative estimate of drug-likeness (QED) is 0.631. The van der Waals surface area contributed by atoms with Crippen molar-refractivity contribution in [2.75, 3.05) is 24.5 Å². The Bertz CT molecular complexity index is 889. The Morgan fingerprint density at radius 2 is 2.31 bits per heavy atom. The van der Waals surface area contributed by atoms with Crippen molar-refractivity contribution in [2.24, 2.45) is 10.7 Å². The molecule has 1 aliphatic carbocycles. The molecule has 0 saturated carbocycles. The van der Waals surface area contributed by atoms with Gasteiger partial charge in [-0.1, -0.05) is 18.3 Å². The normalized spacial score (nSPS) is 22.1. The molecule has 2 unspecified atom stereocenters. The Morgan fingerprint density at radius 3 is 3.12 bits per heavy atom. The second kappa shape index (κ2) is 6.82. The average molecular weight is 395 g/mol. The zero-order valence-corrected chi connectivity index (χ0v) is 15.3. The summed E-state index contributed by atoms with van der Waals surface area (Å²) in [6.07, 6.45) is 3.78. The van der Waals surface area contributed by atoms with E-state index in [-0.39, 0.29) is 17.8 Å². The van der Waals surface area contributed by atoms with E-state index in [9.17, 15) is 4.21 Å². The molecule has 1 saturated heterocycles. The van der Waals surface area contributed by atoms with Crippen LogP contribution in [-0.4, -0.2) is 48.6 Å². The highest BCUT2D eigenvalue weighted by Crippen LogP contribution is 2.38. The number of ether oxygens (including phenoxy) is 2. The summed E-state index contributed by atoms with van der Waals surface area (Å²) in [5, 5.41) is 3.69. The van der Waals surface area contributed by atoms with Crippen LogP contribution in [0.15, 0.2) is 46.0 Å². The largest absolute Gasteiger partial charge is 0.454 e. The molecule has 1 aromatic rings. The second-order valence-corrected chi connectivity index (χ2v) is 7.87. The molecule has 0 spiro atoms. The fraction of sp³-hybridized carbons (Fsp3) is 0.333. The van der Waals surface area contributed by atoms with Gasteiger partial charge in [-0.3, -0.25) is 0 Å². The molecule has 3 heterocycles. The number of hydrogen-bond acceptors (Lipinski definition) is 8. The van der Waals surface area contributed by atoms with Gasteiger partial charge in [0.05, 0.1) is 11.0 Å². The number of nitrogens with zero attached hydrogens (tertiary/aromatic N) is 3. The summed E-state index contributed by atoms with van der Waals surface area (Å²) in [5.74, 6) is 2.51. The number of imidazole rings is 1. The predicted octanol–water partition coefficient (Wildman–Crippen LogP) is 0.996. The molecule has 2 atom stereocenters. The molecule has 11 heteroatoms. The van der Waals surface area contributed by atoms with Gasteiger partial charge >= 0.3 is 0 Å². The van der Waals surface area contributed by atoms with E-state index >= 15 is 0 Å². The van der Waals surface area contributed by atoms with Crippen molar-refractivity contribution in [1.82, 2.24) is 9.55 Å². The maximum absolute atomic E-state index is 11.1. The number of allylic oxidation sites excluding steroid dienone is 1. The Labute approximate surface area is 156 Å². The molecule has 26 heavy (non-hydrogen) atoms. The molecular weight excluding hydrogens is 378 g/mol. The number of thioether (sulfide) groups is 1. The Kier molecular flexibility index (Phi) is 4.51. The first-order valence-electron chi connectivity index (χ1n) is 7.80. The summed E-state index contributed by atoms with van der Waals surface area (Å²) >= 11 is -0.448. The minimum atomic E-state index is -1.91. The second-order valence-electron chi connectivity index (χ2n) is 5.71. The Morgan fingerprint density at radius 1 is 1.50 bits per heavy atom. The first-order valence-corrected chi connectivity index (χ1v) is 9.95. The van der Waals surface area contributed by atoms with Crippen LogP contribution in [0.2, 0.25) is 0 Å². The van der Waals surface area contributed by atoms with E-state index < -0.39 is 11.1 Å². The highest BCUT2D eigenvalue weighted by molar-refractivity contribution is 8.00. The van der Waals surface area contributed by atoms with Crippen LogP contribution < -0.4 is 11.1 Å². The van der Waals surface area contributed by atoms with Gasteiger partial charge in [-0.15, -0.1) is 0 Å². The molecule has 4 rings (SSSR count). The average Bonchev–Trinajstić information content (AvgIpc) is 3.18. The predicted molar refractivity (Wildman–Crippen MR) is 99.1 cm³/mol. The van der Waals surface area contributed by atoms with Crippen molar-refractivity contribution in [2.45, 2.75) is 17.0 Å². The van der Waals surface area contributed by atoms with Gasteiger partial charge in [-0.05, 0) is 17.7 Å². The summed E-state index contributed by atoms with van der Waals surface area (Å²) < 4.78 is 33.0. The zero-order valence-electron chi connectivity index (χ0n) is 13.7. The molecule has 138 valence electrons. The van der Waals surface area contributed by atoms with Gasteiger partial charge in [0.15, 0.2) is 27.8 Å². The fourth-order valence-corrected chi connectivity index (χ4v) is 4.22. The van der Waals surface area contributed by atoms with E-state index in [1.165, 1.54) is 11.8 Å². The van der Waals surface area contributed by atoms with Crippen LogP contribution in [0, 0.1) is 0 Å². The van der Waals surface area contributed by atoms with Gasteiger partial charge in [0, 0.05) is 6.54 Å². The highest BCUT2D eigenvalue weighted by atomic mass is 32.2. The molecule has 2 aliphatic heterocycles. The molecule has 0 aromatic carbocycles. The molecule has 1 fully saturated rings. The standard InChI is InChI=1S/C15H17N5O4S2/c1-8-4-9-10(24-7-23-9)5-11(8)25-15-19-12-13(16)17-6-18-14(12)20(15)2-3-26(21)22/h4-5,11,18H,1-3,6-7H2,(H2,16,17)(H,21,22). The molecule has 4 N–H and O–H groups in total. The van der Waals surface area contributed by atoms with Crippen LogP contribution in [0.5, 0.6) is 0 Å². The van der Waals surface area contributed by atoms with Gasteiger partial charge in [0.1, 0.15) is 24.0 Å². The minimum absolute atomic E-state index is 0.0861. The number of fused-ring (bicyclic) bond motifs is 2. The van der Waals surface area contributed by atoms with Crippen LogP contribution in [0.3, 0.4) is 0 Å². The van der Waals surface area contributed by atoms with Gasteiger partial charge in [0.2, 0.25) is 6.79 Å². The SMILES string of the molecule is C=C1C=C2OCOC2=CC1Sc1nc2c(n1CCS(=O)O)NCN=C2N. The Hall–Kier alpha value is -2.24. The number of anilines is 1. The number of hydrogen-bond donors (Lipinski definition) is 3. The van der Waals surface area contributed by atoms with Crippen molar-refractivity contribution >= 4 is 34.5 Å². The number of aromatic nitrogens is 2. The Balaban J connectivity index is 1.65. The molecule has 0 radical (unpaired) electrons. The smallest absolute Gasteiger partial charge is 0.231 e. The third-order valence-electron chi connectivity index (χ3n) is 4.05. The summed E-state index contributed by atoms with van der Waals surface area (Å²) in [7, 11) is 0. The number of aliphatic imine (C=N–C) groups is 1. The van der Waals surface area contributed by atoms with Crippen molar-refractivity contribution < 1.29 is 18.2 Å². The third-order valence-corrected chi connectivity index (χ3v) is 5.80. The molecular formula is C15H17N5O4S2. The first kappa shape index (κ1) is 17.2. The van der Waals surface area contributed by atoms with Gasteiger partial charge in [0.25, 0.3) is 0 Å². The third kappa shape index (κ3) is 3.13. The van der Waals surface area contributed by atoms with Gasteiger partial charge < -0.3 is 29.6 Å². The number of nitrogens with one attached hydrogen (secondary N) is 1. The number of amidine groups is 1. The monoisotopic (exact) mass is 395 g/mol. The van der Waals surface area contributed by atoms with Crippen LogP contribution in [0.25, 0.3) is 0 Å². The maximum atomic E-state index is 11.1.